The van der Waals surface area contributed by atoms with Gasteiger partial charge in [-0.1, -0.05) is 12.2 Å². The summed E-state index contributed by atoms with van der Waals surface area (Å²) < 4.78 is 23.9. The molecule has 1 N–H and O–H groups in total. The molecule has 25 heavy (non-hydrogen) atoms. The molecule has 3 aliphatic rings. The van der Waals surface area contributed by atoms with E-state index in [0.29, 0.717) is 13.2 Å². The number of nitrogens with zero attached hydrogens (tertiary/aromatic N) is 1. The number of aliphatic hydroxyl groups excluding tert-OH is 1. The van der Waals surface area contributed by atoms with Gasteiger partial charge < -0.3 is 29.0 Å². The second-order valence-corrected chi connectivity index (χ2v) is 8.41. The van der Waals surface area contributed by atoms with Crippen LogP contribution in [0.2, 0.25) is 0 Å². The number of amides is 1. The van der Waals surface area contributed by atoms with Crippen molar-refractivity contribution in [3.8, 4) is 0 Å². The van der Waals surface area contributed by atoms with E-state index in [1.54, 1.807) is 14.1 Å². The normalized spacial score (nSPS) is 44.8. The topological polar surface area (TPSA) is 77.5 Å². The fourth-order valence-electron chi connectivity index (χ4n) is 4.60. The van der Waals surface area contributed by atoms with Gasteiger partial charge in [-0.15, -0.1) is 0 Å². The van der Waals surface area contributed by atoms with E-state index in [2.05, 4.69) is 6.58 Å². The van der Waals surface area contributed by atoms with Gasteiger partial charge in [0.1, 0.15) is 17.8 Å². The van der Waals surface area contributed by atoms with Gasteiger partial charge in [0.05, 0.1) is 18.6 Å². The van der Waals surface area contributed by atoms with Crippen molar-refractivity contribution in [2.24, 2.45) is 11.3 Å². The highest BCUT2D eigenvalue weighted by molar-refractivity contribution is 5.67. The van der Waals surface area contributed by atoms with E-state index in [-0.39, 0.29) is 12.0 Å². The zero-order valence-corrected chi connectivity index (χ0v) is 15.9. The average molecular weight is 355 g/mol. The molecule has 0 spiro atoms. The van der Waals surface area contributed by atoms with E-state index in [9.17, 15) is 9.90 Å². The van der Waals surface area contributed by atoms with E-state index in [4.69, 9.17) is 18.9 Å². The largest absolute Gasteiger partial charge is 0.440 e. The summed E-state index contributed by atoms with van der Waals surface area (Å²) in [5.74, 6) is -1.13. The van der Waals surface area contributed by atoms with Crippen molar-refractivity contribution in [1.82, 2.24) is 4.90 Å². The number of carbonyl (C=O) groups is 1. The minimum absolute atomic E-state index is 0.356. The maximum atomic E-state index is 12.2. The molecule has 2 aliphatic heterocycles. The Labute approximate surface area is 148 Å². The summed E-state index contributed by atoms with van der Waals surface area (Å²) in [6, 6.07) is 0. The lowest BCUT2D eigenvalue weighted by molar-refractivity contribution is -0.350. The second kappa shape index (κ2) is 5.67. The molecule has 2 heterocycles. The predicted octanol–water partition coefficient (Wildman–Crippen LogP) is 1.55. The molecule has 1 aliphatic carbocycles. The fourth-order valence-corrected chi connectivity index (χ4v) is 4.60. The van der Waals surface area contributed by atoms with Crippen molar-refractivity contribution in [1.29, 1.82) is 0 Å². The van der Waals surface area contributed by atoms with Gasteiger partial charge in [0.25, 0.3) is 0 Å². The van der Waals surface area contributed by atoms with Crippen LogP contribution in [-0.2, 0) is 18.9 Å². The summed E-state index contributed by atoms with van der Waals surface area (Å²) in [4.78, 5) is 13.5. The van der Waals surface area contributed by atoms with Crippen LogP contribution in [0.5, 0.6) is 0 Å². The van der Waals surface area contributed by atoms with E-state index in [1.807, 2.05) is 27.7 Å². The highest BCUT2D eigenvalue weighted by Crippen LogP contribution is 2.60. The third kappa shape index (κ3) is 2.60. The molecule has 1 saturated carbocycles. The molecule has 2 bridgehead atoms. The van der Waals surface area contributed by atoms with E-state index >= 15 is 0 Å². The van der Waals surface area contributed by atoms with Crippen molar-refractivity contribution >= 4 is 6.09 Å². The van der Waals surface area contributed by atoms with Crippen molar-refractivity contribution in [3.05, 3.63) is 12.2 Å². The quantitative estimate of drug-likeness (QED) is 0.757. The fraction of sp³-hybridized carbons (Fsp3) is 0.833. The molecule has 0 radical (unpaired) electrons. The SMILES string of the molecule is C=C(C)[C@H]1[C@@H](O)[C@H](OC(=O)N(C)C)[C@@]2(C)OC[C@@]13COC(C)(C)O[C@@H]32. The molecule has 7 nitrogen and oxygen atoms in total. The third-order valence-corrected chi connectivity index (χ3v) is 5.74. The van der Waals surface area contributed by atoms with E-state index in [1.165, 1.54) is 4.90 Å². The Bertz CT molecular complexity index is 590. The van der Waals surface area contributed by atoms with E-state index < -0.39 is 35.1 Å². The van der Waals surface area contributed by atoms with Crippen LogP contribution in [0.15, 0.2) is 12.2 Å². The first kappa shape index (κ1) is 18.6. The van der Waals surface area contributed by atoms with Crippen LogP contribution in [0.3, 0.4) is 0 Å². The lowest BCUT2D eigenvalue weighted by atomic mass is 9.57. The minimum Gasteiger partial charge on any atom is -0.440 e. The van der Waals surface area contributed by atoms with Gasteiger partial charge in [-0.25, -0.2) is 4.79 Å². The predicted molar refractivity (Wildman–Crippen MR) is 90.0 cm³/mol. The summed E-state index contributed by atoms with van der Waals surface area (Å²) in [6.45, 7) is 12.2. The molecule has 6 atom stereocenters. The molecular weight excluding hydrogens is 326 g/mol. The maximum Gasteiger partial charge on any atom is 0.409 e. The van der Waals surface area contributed by atoms with Crippen LogP contribution in [0, 0.1) is 11.3 Å². The first-order valence-electron chi connectivity index (χ1n) is 8.62. The molecule has 0 aromatic carbocycles. The Hall–Kier alpha value is -1.15. The van der Waals surface area contributed by atoms with Crippen molar-refractivity contribution in [3.63, 3.8) is 0 Å². The van der Waals surface area contributed by atoms with Crippen LogP contribution in [0.1, 0.15) is 27.7 Å². The Morgan fingerprint density at radius 1 is 1.24 bits per heavy atom. The number of hydrogen-bond donors (Lipinski definition) is 1. The van der Waals surface area contributed by atoms with Gasteiger partial charge in [-0.3, -0.25) is 0 Å². The molecule has 142 valence electrons. The maximum absolute atomic E-state index is 12.2. The van der Waals surface area contributed by atoms with Crippen LogP contribution in [-0.4, -0.2) is 73.1 Å². The first-order valence-corrected chi connectivity index (χ1v) is 8.62. The number of carbonyl (C=O) groups excluding carboxylic acids is 1. The Morgan fingerprint density at radius 3 is 2.40 bits per heavy atom. The monoisotopic (exact) mass is 355 g/mol. The van der Waals surface area contributed by atoms with E-state index in [0.717, 1.165) is 5.57 Å². The molecule has 0 unspecified atom stereocenters. The zero-order valence-electron chi connectivity index (χ0n) is 15.9. The standard InChI is InChI=1S/C18H29NO6/c1-10(2)11-12(20)13(24-15(21)19(6)7)17(5)14-18(11,9-23-17)8-22-16(3,4)25-14/h11-14,20H,1,8-9H2,2-7H3/t11-,12+,13-,14+,17+,18-/m0/s1. The first-order chi connectivity index (χ1) is 11.4. The molecule has 0 aromatic rings. The molecule has 7 heteroatoms. The summed E-state index contributed by atoms with van der Waals surface area (Å²) in [6.07, 6.45) is -2.72. The summed E-state index contributed by atoms with van der Waals surface area (Å²) in [5, 5.41) is 11.1. The van der Waals surface area contributed by atoms with Crippen molar-refractivity contribution < 1.29 is 28.8 Å². The second-order valence-electron chi connectivity index (χ2n) is 8.41. The Kier molecular flexibility index (Phi) is 4.23. The zero-order chi connectivity index (χ0) is 18.8. The molecule has 0 aromatic heterocycles. The Balaban J connectivity index is 2.05. The van der Waals surface area contributed by atoms with Crippen LogP contribution >= 0.6 is 0 Å². The van der Waals surface area contributed by atoms with Gasteiger partial charge in [-0.05, 0) is 27.7 Å². The highest BCUT2D eigenvalue weighted by Gasteiger charge is 2.74. The molecule has 3 fully saturated rings. The number of rotatable bonds is 2. The third-order valence-electron chi connectivity index (χ3n) is 5.74. The van der Waals surface area contributed by atoms with Gasteiger partial charge in [0.2, 0.25) is 0 Å². The van der Waals surface area contributed by atoms with Crippen LogP contribution < -0.4 is 0 Å². The number of aliphatic hydroxyl groups is 1. The van der Waals surface area contributed by atoms with Gasteiger partial charge in [0.15, 0.2) is 11.9 Å². The van der Waals surface area contributed by atoms with Crippen molar-refractivity contribution in [2.45, 2.75) is 57.4 Å². The highest BCUT2D eigenvalue weighted by atomic mass is 16.7. The molecular formula is C18H29NO6. The summed E-state index contributed by atoms with van der Waals surface area (Å²) in [5.41, 5.74) is -0.711. The molecule has 3 rings (SSSR count). The average Bonchev–Trinajstić information content (AvgIpc) is 2.73. The molecule has 1 amide bonds. The summed E-state index contributed by atoms with van der Waals surface area (Å²) in [7, 11) is 3.20. The molecule has 2 saturated heterocycles. The van der Waals surface area contributed by atoms with Gasteiger partial charge in [-0.2, -0.15) is 0 Å². The lowest BCUT2D eigenvalue weighted by Gasteiger charge is -2.57. The van der Waals surface area contributed by atoms with Crippen LogP contribution in [0.4, 0.5) is 4.79 Å². The smallest absolute Gasteiger partial charge is 0.409 e. The summed E-state index contributed by atoms with van der Waals surface area (Å²) >= 11 is 0. The van der Waals surface area contributed by atoms with Gasteiger partial charge >= 0.3 is 6.09 Å². The number of ether oxygens (including phenoxy) is 4. The minimum atomic E-state index is -0.960. The van der Waals surface area contributed by atoms with Crippen molar-refractivity contribution in [2.75, 3.05) is 27.3 Å². The Morgan fingerprint density at radius 2 is 1.84 bits per heavy atom. The van der Waals surface area contributed by atoms with Crippen LogP contribution in [0.25, 0.3) is 0 Å². The van der Waals surface area contributed by atoms with Gasteiger partial charge in [0, 0.05) is 20.0 Å². The number of hydrogen-bond acceptors (Lipinski definition) is 6. The lowest BCUT2D eigenvalue weighted by Crippen LogP contribution is -2.72.